The Morgan fingerprint density at radius 1 is 1.11 bits per heavy atom. The zero-order chi connectivity index (χ0) is 13.5. The molecule has 0 unspecified atom stereocenters. The molecule has 2 rings (SSSR count). The molecule has 2 nitrogen and oxygen atoms in total. The van der Waals surface area contributed by atoms with Gasteiger partial charge in [0.1, 0.15) is 6.61 Å². The summed E-state index contributed by atoms with van der Waals surface area (Å²) in [6.45, 7) is 2.99. The zero-order valence-corrected chi connectivity index (χ0v) is 11.9. The first-order chi connectivity index (χ1) is 9.25. The number of Topliss-reactive ketones (excluding diaryl/α,β-unsaturated/α-hetero) is 1. The number of ketones is 1. The van der Waals surface area contributed by atoms with E-state index in [2.05, 4.69) is 0 Å². The molecule has 1 aliphatic carbocycles. The number of ether oxygens (including phenoxy) is 1. The molecule has 0 heterocycles. The summed E-state index contributed by atoms with van der Waals surface area (Å²) in [6, 6.07) is 7.70. The van der Waals surface area contributed by atoms with E-state index in [1.54, 1.807) is 0 Å². The maximum atomic E-state index is 11.9. The molecule has 0 radical (unpaired) electrons. The van der Waals surface area contributed by atoms with Gasteiger partial charge in [-0.2, -0.15) is 0 Å². The van der Waals surface area contributed by atoms with E-state index >= 15 is 0 Å². The fourth-order valence-electron chi connectivity index (χ4n) is 2.67. The van der Waals surface area contributed by atoms with E-state index in [1.165, 1.54) is 44.1 Å². The summed E-state index contributed by atoms with van der Waals surface area (Å²) in [6.07, 6.45) is 7.88. The molecule has 1 aromatic rings. The smallest absolute Gasteiger partial charge is 0.188 e. The number of hydrogen-bond acceptors (Lipinski definition) is 2. The molecule has 2 heteroatoms. The molecule has 0 spiro atoms. The van der Waals surface area contributed by atoms with E-state index < -0.39 is 0 Å². The normalized spacial score (nSPS) is 17.1. The quantitative estimate of drug-likeness (QED) is 0.587. The van der Waals surface area contributed by atoms with Crippen LogP contribution in [0.3, 0.4) is 0 Å². The van der Waals surface area contributed by atoms with Crippen LogP contribution in [-0.2, 0) is 4.74 Å². The highest BCUT2D eigenvalue weighted by Gasteiger charge is 2.13. The predicted molar refractivity (Wildman–Crippen MR) is 77.5 cm³/mol. The van der Waals surface area contributed by atoms with Crippen LogP contribution >= 0.6 is 0 Å². The molecule has 0 aromatic heterocycles. The second kappa shape index (κ2) is 7.44. The van der Waals surface area contributed by atoms with Crippen LogP contribution in [0.15, 0.2) is 24.3 Å². The van der Waals surface area contributed by atoms with E-state index in [0.29, 0.717) is 5.92 Å². The molecule has 0 aliphatic heterocycles. The maximum absolute atomic E-state index is 11.9. The van der Waals surface area contributed by atoms with Gasteiger partial charge in [0.2, 0.25) is 0 Å². The van der Waals surface area contributed by atoms with Gasteiger partial charge in [-0.15, -0.1) is 0 Å². The van der Waals surface area contributed by atoms with Gasteiger partial charge in [0.05, 0.1) is 6.61 Å². The average molecular weight is 260 g/mol. The molecule has 0 saturated heterocycles. The van der Waals surface area contributed by atoms with Gasteiger partial charge in [-0.05, 0) is 25.7 Å². The van der Waals surface area contributed by atoms with Crippen molar-refractivity contribution in [1.29, 1.82) is 0 Å². The summed E-state index contributed by atoms with van der Waals surface area (Å²) in [7, 11) is 0. The van der Waals surface area contributed by atoms with Crippen molar-refractivity contribution in [2.75, 3.05) is 13.2 Å². The number of rotatable bonds is 5. The van der Waals surface area contributed by atoms with Crippen molar-refractivity contribution in [3.63, 3.8) is 0 Å². The molecule has 1 aliphatic rings. The SMILES string of the molecule is Cc1ccc(C(=O)COCC2CCCCCC2)cc1. The highest BCUT2D eigenvalue weighted by Crippen LogP contribution is 2.22. The Labute approximate surface area is 116 Å². The zero-order valence-electron chi connectivity index (χ0n) is 11.9. The third kappa shape index (κ3) is 4.79. The molecule has 1 saturated carbocycles. The lowest BCUT2D eigenvalue weighted by atomic mass is 10.0. The molecule has 0 atom stereocenters. The number of aryl methyl sites for hydroxylation is 1. The number of carbonyl (C=O) groups is 1. The molecule has 19 heavy (non-hydrogen) atoms. The van der Waals surface area contributed by atoms with E-state index in [9.17, 15) is 4.79 Å². The molecule has 104 valence electrons. The Balaban J connectivity index is 1.72. The highest BCUT2D eigenvalue weighted by molar-refractivity contribution is 5.97. The molecule has 1 aromatic carbocycles. The van der Waals surface area contributed by atoms with Crippen molar-refractivity contribution >= 4 is 5.78 Å². The minimum atomic E-state index is 0.0913. The topological polar surface area (TPSA) is 26.3 Å². The van der Waals surface area contributed by atoms with Crippen molar-refractivity contribution in [3.05, 3.63) is 35.4 Å². The van der Waals surface area contributed by atoms with Gasteiger partial charge >= 0.3 is 0 Å². The van der Waals surface area contributed by atoms with Crippen molar-refractivity contribution in [2.24, 2.45) is 5.92 Å². The second-order valence-corrected chi connectivity index (χ2v) is 5.66. The van der Waals surface area contributed by atoms with E-state index in [-0.39, 0.29) is 12.4 Å². The van der Waals surface area contributed by atoms with E-state index in [1.807, 2.05) is 31.2 Å². The molecule has 1 fully saturated rings. The standard InChI is InChI=1S/C17H24O2/c1-14-8-10-16(11-9-14)17(18)13-19-12-15-6-4-2-3-5-7-15/h8-11,15H,2-7,12-13H2,1H3. The van der Waals surface area contributed by atoms with Crippen LogP contribution in [0.4, 0.5) is 0 Å². The van der Waals surface area contributed by atoms with Crippen molar-refractivity contribution < 1.29 is 9.53 Å². The van der Waals surface area contributed by atoms with Crippen molar-refractivity contribution in [3.8, 4) is 0 Å². The number of hydrogen-bond donors (Lipinski definition) is 0. The molecular weight excluding hydrogens is 236 g/mol. The summed E-state index contributed by atoms with van der Waals surface area (Å²) >= 11 is 0. The Kier molecular flexibility index (Phi) is 5.59. The summed E-state index contributed by atoms with van der Waals surface area (Å²) in [4.78, 5) is 11.9. The first-order valence-electron chi connectivity index (χ1n) is 7.43. The molecule has 0 amide bonds. The van der Waals surface area contributed by atoms with E-state index in [4.69, 9.17) is 4.74 Å². The van der Waals surface area contributed by atoms with Gasteiger partial charge in [-0.25, -0.2) is 0 Å². The van der Waals surface area contributed by atoms with Crippen LogP contribution in [0.1, 0.15) is 54.4 Å². The Morgan fingerprint density at radius 2 is 1.74 bits per heavy atom. The summed E-state index contributed by atoms with van der Waals surface area (Å²) in [5.74, 6) is 0.752. The summed E-state index contributed by atoms with van der Waals surface area (Å²) < 4.78 is 5.63. The van der Waals surface area contributed by atoms with Gasteiger partial charge in [0, 0.05) is 5.56 Å². The summed E-state index contributed by atoms with van der Waals surface area (Å²) in [5.41, 5.74) is 1.93. The molecular formula is C17H24O2. The van der Waals surface area contributed by atoms with Crippen LogP contribution in [0, 0.1) is 12.8 Å². The Morgan fingerprint density at radius 3 is 2.37 bits per heavy atom. The lowest BCUT2D eigenvalue weighted by molar-refractivity contribution is 0.0658. The van der Waals surface area contributed by atoms with Gasteiger partial charge in [0.15, 0.2) is 5.78 Å². The third-order valence-electron chi connectivity index (χ3n) is 3.93. The van der Waals surface area contributed by atoms with Crippen LogP contribution in [0.2, 0.25) is 0 Å². The van der Waals surface area contributed by atoms with Gasteiger partial charge < -0.3 is 4.74 Å². The maximum Gasteiger partial charge on any atom is 0.188 e. The summed E-state index contributed by atoms with van der Waals surface area (Å²) in [5, 5.41) is 0. The first-order valence-corrected chi connectivity index (χ1v) is 7.43. The van der Waals surface area contributed by atoms with Gasteiger partial charge in [0.25, 0.3) is 0 Å². The number of carbonyl (C=O) groups excluding carboxylic acids is 1. The molecule has 0 bridgehead atoms. The Hall–Kier alpha value is -1.15. The van der Waals surface area contributed by atoms with E-state index in [0.717, 1.165) is 12.2 Å². The van der Waals surface area contributed by atoms with Crippen LogP contribution in [0.5, 0.6) is 0 Å². The van der Waals surface area contributed by atoms with Crippen LogP contribution in [0.25, 0.3) is 0 Å². The van der Waals surface area contributed by atoms with Crippen LogP contribution < -0.4 is 0 Å². The Bertz CT molecular complexity index is 386. The minimum Gasteiger partial charge on any atom is -0.373 e. The largest absolute Gasteiger partial charge is 0.373 e. The molecule has 0 N–H and O–H groups in total. The monoisotopic (exact) mass is 260 g/mol. The fraction of sp³-hybridized carbons (Fsp3) is 0.588. The lowest BCUT2D eigenvalue weighted by Crippen LogP contribution is -2.15. The van der Waals surface area contributed by atoms with Gasteiger partial charge in [-0.1, -0.05) is 55.5 Å². The first kappa shape index (κ1) is 14.3. The van der Waals surface area contributed by atoms with Crippen molar-refractivity contribution in [1.82, 2.24) is 0 Å². The number of benzene rings is 1. The third-order valence-corrected chi connectivity index (χ3v) is 3.93. The van der Waals surface area contributed by atoms with Crippen LogP contribution in [-0.4, -0.2) is 19.0 Å². The lowest BCUT2D eigenvalue weighted by Gasteiger charge is -2.13. The van der Waals surface area contributed by atoms with Gasteiger partial charge in [-0.3, -0.25) is 4.79 Å². The average Bonchev–Trinajstić information content (AvgIpc) is 2.68. The second-order valence-electron chi connectivity index (χ2n) is 5.66. The predicted octanol–water partition coefficient (Wildman–Crippen LogP) is 4.16. The highest BCUT2D eigenvalue weighted by atomic mass is 16.5. The minimum absolute atomic E-state index is 0.0913. The fourth-order valence-corrected chi connectivity index (χ4v) is 2.67. The van der Waals surface area contributed by atoms with Crippen molar-refractivity contribution in [2.45, 2.75) is 45.4 Å².